The monoisotopic (exact) mass is 364 g/mol. The van der Waals surface area contributed by atoms with Crippen molar-refractivity contribution < 1.29 is 9.53 Å². The molecule has 1 amide bonds. The normalized spacial score (nSPS) is 19.2. The highest BCUT2D eigenvalue weighted by molar-refractivity contribution is 5.83. The first-order chi connectivity index (χ1) is 13.2. The van der Waals surface area contributed by atoms with Gasteiger partial charge in [0.05, 0.1) is 0 Å². The first-order valence-electron chi connectivity index (χ1n) is 9.15. The molecule has 1 fully saturated rings. The quantitative estimate of drug-likeness (QED) is 0.677. The van der Waals surface area contributed by atoms with Crippen LogP contribution in [0, 0.1) is 6.92 Å². The molecule has 1 saturated heterocycles. The Hall–Kier alpha value is -3.16. The molecule has 0 spiro atoms. The number of fused-ring (bicyclic) bond motifs is 2. The molecule has 5 rings (SSSR count). The molecule has 8 heteroatoms. The van der Waals surface area contributed by atoms with Gasteiger partial charge in [0.1, 0.15) is 17.9 Å². The number of aromatic nitrogens is 4. The Morgan fingerprint density at radius 3 is 2.81 bits per heavy atom. The lowest BCUT2D eigenvalue weighted by atomic mass is 10.1. The van der Waals surface area contributed by atoms with Crippen LogP contribution in [0.15, 0.2) is 36.7 Å². The van der Waals surface area contributed by atoms with Crippen molar-refractivity contribution in [3.63, 3.8) is 0 Å². The van der Waals surface area contributed by atoms with Crippen LogP contribution in [0.5, 0.6) is 5.75 Å². The lowest BCUT2D eigenvalue weighted by Crippen LogP contribution is -2.52. The molecule has 0 N–H and O–H groups in total. The number of anilines is 1. The molecule has 4 heterocycles. The number of carbonyl (C=O) groups is 1. The molecule has 0 unspecified atom stereocenters. The molecule has 1 atom stereocenters. The first-order valence-corrected chi connectivity index (χ1v) is 9.15. The second-order valence-electron chi connectivity index (χ2n) is 6.96. The van der Waals surface area contributed by atoms with Crippen molar-refractivity contribution in [3.05, 3.63) is 47.9 Å². The van der Waals surface area contributed by atoms with E-state index in [1.807, 2.05) is 42.2 Å². The summed E-state index contributed by atoms with van der Waals surface area (Å²) in [6.45, 7) is 4.75. The van der Waals surface area contributed by atoms with Crippen molar-refractivity contribution in [1.82, 2.24) is 24.5 Å². The molecule has 3 aromatic rings. The van der Waals surface area contributed by atoms with Crippen LogP contribution < -0.4 is 9.64 Å². The van der Waals surface area contributed by atoms with Gasteiger partial charge in [0.25, 0.3) is 11.7 Å². The Bertz CT molecular complexity index is 983. The van der Waals surface area contributed by atoms with E-state index < -0.39 is 6.10 Å². The number of para-hydroxylation sites is 1. The lowest BCUT2D eigenvalue weighted by molar-refractivity contribution is -0.138. The predicted molar refractivity (Wildman–Crippen MR) is 98.9 cm³/mol. The maximum absolute atomic E-state index is 12.9. The van der Waals surface area contributed by atoms with Crippen molar-refractivity contribution in [2.75, 3.05) is 31.1 Å². The summed E-state index contributed by atoms with van der Waals surface area (Å²) in [5.74, 6) is 2.46. The standard InChI is InChI=1S/C19H20N6O2/c1-13-10-17(25-19(22-13)20-12-21-25)23-6-8-24(9-7-23)18(26)16-11-14-4-2-3-5-15(14)27-16/h2-5,10,12,16H,6-9,11H2,1H3/t16-/m1/s1. The van der Waals surface area contributed by atoms with Crippen LogP contribution in [-0.2, 0) is 11.2 Å². The third-order valence-electron chi connectivity index (χ3n) is 5.20. The van der Waals surface area contributed by atoms with Gasteiger partial charge in [-0.05, 0) is 18.6 Å². The highest BCUT2D eigenvalue weighted by Crippen LogP contribution is 2.29. The number of nitrogens with zero attached hydrogens (tertiary/aromatic N) is 6. The number of amides is 1. The summed E-state index contributed by atoms with van der Waals surface area (Å²) < 4.78 is 7.61. The van der Waals surface area contributed by atoms with E-state index >= 15 is 0 Å². The molecule has 27 heavy (non-hydrogen) atoms. The Balaban J connectivity index is 1.28. The molecule has 0 radical (unpaired) electrons. The molecule has 0 bridgehead atoms. The van der Waals surface area contributed by atoms with Crippen molar-refractivity contribution in [3.8, 4) is 5.75 Å². The summed E-state index contributed by atoms with van der Waals surface area (Å²) in [7, 11) is 0. The van der Waals surface area contributed by atoms with E-state index in [-0.39, 0.29) is 5.91 Å². The third kappa shape index (κ3) is 2.77. The number of rotatable bonds is 2. The molecule has 2 aliphatic rings. The minimum Gasteiger partial charge on any atom is -0.480 e. The Morgan fingerprint density at radius 1 is 1.19 bits per heavy atom. The number of carbonyl (C=O) groups excluding carboxylic acids is 1. The van der Waals surface area contributed by atoms with Gasteiger partial charge in [0, 0.05) is 44.4 Å². The molecule has 2 aliphatic heterocycles. The average molecular weight is 364 g/mol. The fourth-order valence-electron chi connectivity index (χ4n) is 3.82. The third-order valence-corrected chi connectivity index (χ3v) is 5.20. The van der Waals surface area contributed by atoms with E-state index in [9.17, 15) is 4.79 Å². The van der Waals surface area contributed by atoms with Gasteiger partial charge in [-0.3, -0.25) is 4.79 Å². The zero-order chi connectivity index (χ0) is 18.4. The summed E-state index contributed by atoms with van der Waals surface area (Å²) in [4.78, 5) is 25.6. The van der Waals surface area contributed by atoms with Crippen molar-refractivity contribution in [2.24, 2.45) is 0 Å². The maximum Gasteiger partial charge on any atom is 0.264 e. The van der Waals surface area contributed by atoms with Gasteiger partial charge < -0.3 is 14.5 Å². The van der Waals surface area contributed by atoms with Crippen LogP contribution in [0.1, 0.15) is 11.3 Å². The average Bonchev–Trinajstić information content (AvgIpc) is 3.33. The van der Waals surface area contributed by atoms with Crippen LogP contribution in [0.25, 0.3) is 5.78 Å². The second-order valence-corrected chi connectivity index (χ2v) is 6.96. The molecule has 8 nitrogen and oxygen atoms in total. The molecular weight excluding hydrogens is 344 g/mol. The molecule has 2 aromatic heterocycles. The van der Waals surface area contributed by atoms with Gasteiger partial charge in [-0.25, -0.2) is 4.98 Å². The van der Waals surface area contributed by atoms with Gasteiger partial charge in [-0.2, -0.15) is 14.6 Å². The fourth-order valence-corrected chi connectivity index (χ4v) is 3.82. The van der Waals surface area contributed by atoms with Crippen LogP contribution in [0.3, 0.4) is 0 Å². The van der Waals surface area contributed by atoms with Gasteiger partial charge in [-0.1, -0.05) is 18.2 Å². The lowest BCUT2D eigenvalue weighted by Gasteiger charge is -2.36. The summed E-state index contributed by atoms with van der Waals surface area (Å²) in [5, 5.41) is 4.28. The van der Waals surface area contributed by atoms with E-state index in [0.717, 1.165) is 35.9 Å². The molecule has 0 saturated carbocycles. The summed E-state index contributed by atoms with van der Waals surface area (Å²) >= 11 is 0. The number of ether oxygens (including phenoxy) is 1. The van der Waals surface area contributed by atoms with E-state index in [1.54, 1.807) is 4.52 Å². The Labute approximate surface area is 156 Å². The van der Waals surface area contributed by atoms with Crippen LogP contribution in [-0.4, -0.2) is 62.7 Å². The SMILES string of the molecule is Cc1cc(N2CCN(C(=O)[C@H]3Cc4ccccc4O3)CC2)n2ncnc2n1. The van der Waals surface area contributed by atoms with Gasteiger partial charge in [0.2, 0.25) is 0 Å². The number of benzene rings is 1. The molecule has 138 valence electrons. The minimum atomic E-state index is -0.404. The topological polar surface area (TPSA) is 75.9 Å². The van der Waals surface area contributed by atoms with Crippen molar-refractivity contribution >= 4 is 17.5 Å². The molecular formula is C19H20N6O2. The predicted octanol–water partition coefficient (Wildman–Crippen LogP) is 1.09. The summed E-state index contributed by atoms with van der Waals surface area (Å²) in [5.41, 5.74) is 2.01. The fraction of sp³-hybridized carbons (Fsp3) is 0.368. The van der Waals surface area contributed by atoms with Crippen molar-refractivity contribution in [1.29, 1.82) is 0 Å². The highest BCUT2D eigenvalue weighted by atomic mass is 16.5. The van der Waals surface area contributed by atoms with Crippen molar-refractivity contribution in [2.45, 2.75) is 19.4 Å². The van der Waals surface area contributed by atoms with Crippen LogP contribution >= 0.6 is 0 Å². The smallest absolute Gasteiger partial charge is 0.264 e. The van der Waals surface area contributed by atoms with Gasteiger partial charge in [0.15, 0.2) is 6.10 Å². The van der Waals surface area contributed by atoms with Crippen LogP contribution in [0.2, 0.25) is 0 Å². The van der Waals surface area contributed by atoms with Gasteiger partial charge >= 0.3 is 0 Å². The van der Waals surface area contributed by atoms with Crippen LogP contribution in [0.4, 0.5) is 5.82 Å². The zero-order valence-corrected chi connectivity index (χ0v) is 15.1. The maximum atomic E-state index is 12.9. The summed E-state index contributed by atoms with van der Waals surface area (Å²) in [6, 6.07) is 9.88. The molecule has 0 aliphatic carbocycles. The highest BCUT2D eigenvalue weighted by Gasteiger charge is 2.34. The number of hydrogen-bond acceptors (Lipinski definition) is 6. The Kier molecular flexibility index (Phi) is 3.70. The number of aryl methyl sites for hydroxylation is 1. The minimum absolute atomic E-state index is 0.0719. The number of piperazine rings is 1. The Morgan fingerprint density at radius 2 is 2.00 bits per heavy atom. The zero-order valence-electron chi connectivity index (χ0n) is 15.1. The van der Waals surface area contributed by atoms with E-state index in [2.05, 4.69) is 20.0 Å². The summed E-state index contributed by atoms with van der Waals surface area (Å²) in [6.07, 6.45) is 1.76. The first kappa shape index (κ1) is 16.0. The van der Waals surface area contributed by atoms with Gasteiger partial charge in [-0.15, -0.1) is 0 Å². The van der Waals surface area contributed by atoms with E-state index in [4.69, 9.17) is 4.74 Å². The molecule has 1 aromatic carbocycles. The van der Waals surface area contributed by atoms with E-state index in [0.29, 0.717) is 25.3 Å². The second kappa shape index (κ2) is 6.22. The largest absolute Gasteiger partial charge is 0.480 e. The van der Waals surface area contributed by atoms with E-state index in [1.165, 1.54) is 6.33 Å². The number of hydrogen-bond donors (Lipinski definition) is 0.